The lowest BCUT2D eigenvalue weighted by molar-refractivity contribution is -0.150. The number of ether oxygens (including phenoxy) is 2. The van der Waals surface area contributed by atoms with Crippen molar-refractivity contribution in [2.45, 2.75) is 213 Å². The molecule has 0 aromatic rings. The van der Waals surface area contributed by atoms with Gasteiger partial charge in [0.25, 0.3) is 6.47 Å². The van der Waals surface area contributed by atoms with E-state index in [0.717, 1.165) is 58.5 Å². The second-order valence-electron chi connectivity index (χ2n) is 13.9. The zero-order chi connectivity index (χ0) is 35.6. The van der Waals surface area contributed by atoms with Crippen LogP contribution in [0.2, 0.25) is 0 Å². The van der Waals surface area contributed by atoms with Gasteiger partial charge in [0, 0.05) is 26.2 Å². The van der Waals surface area contributed by atoms with Crippen molar-refractivity contribution >= 4 is 12.4 Å². The third-order valence-electron chi connectivity index (χ3n) is 9.23. The lowest BCUT2D eigenvalue weighted by Crippen LogP contribution is -2.29. The second-order valence-corrected chi connectivity index (χ2v) is 13.9. The van der Waals surface area contributed by atoms with Gasteiger partial charge < -0.3 is 24.6 Å². The predicted octanol–water partition coefficient (Wildman–Crippen LogP) is 11.3. The SMILES string of the molecule is CCCCCCCCC(CCCCCCCC)OC(=O)CCCCCCCN(CCO)CCCCCCCCOCCCCC.O=CO. The first-order valence-electron chi connectivity index (χ1n) is 20.8. The number of nitrogens with zero attached hydrogens (tertiary/aromatic N) is 1. The number of aliphatic hydroxyl groups is 1. The number of aliphatic hydroxyl groups excluding tert-OH is 1. The molecule has 7 heteroatoms. The van der Waals surface area contributed by atoms with Crippen LogP contribution < -0.4 is 0 Å². The van der Waals surface area contributed by atoms with Gasteiger partial charge in [-0.05, 0) is 70.9 Å². The number of carbonyl (C=O) groups is 2. The van der Waals surface area contributed by atoms with Crippen molar-refractivity contribution in [2.75, 3.05) is 39.5 Å². The van der Waals surface area contributed by atoms with Crippen molar-refractivity contribution in [1.29, 1.82) is 0 Å². The minimum Gasteiger partial charge on any atom is -0.483 e. The molecule has 48 heavy (non-hydrogen) atoms. The van der Waals surface area contributed by atoms with Crippen LogP contribution in [-0.4, -0.2) is 73.1 Å². The fourth-order valence-corrected chi connectivity index (χ4v) is 6.23. The number of carboxylic acid groups (broad SMARTS) is 1. The molecule has 7 nitrogen and oxygen atoms in total. The van der Waals surface area contributed by atoms with Crippen molar-refractivity contribution in [3.63, 3.8) is 0 Å². The molecule has 0 fully saturated rings. The predicted molar refractivity (Wildman–Crippen MR) is 204 cm³/mol. The summed E-state index contributed by atoms with van der Waals surface area (Å²) >= 11 is 0. The molecule has 0 unspecified atom stereocenters. The maximum absolute atomic E-state index is 12.7. The minimum absolute atomic E-state index is 0.0295. The monoisotopic (exact) mass is 686 g/mol. The average molecular weight is 686 g/mol. The van der Waals surface area contributed by atoms with Gasteiger partial charge in [-0.25, -0.2) is 0 Å². The number of hydrogen-bond donors (Lipinski definition) is 2. The van der Waals surface area contributed by atoms with E-state index in [9.17, 15) is 9.90 Å². The molecule has 0 rings (SSSR count). The fraction of sp³-hybridized carbons (Fsp3) is 0.951. The summed E-state index contributed by atoms with van der Waals surface area (Å²) in [7, 11) is 0. The van der Waals surface area contributed by atoms with E-state index in [1.54, 1.807) is 0 Å². The van der Waals surface area contributed by atoms with Gasteiger partial charge in [0.2, 0.25) is 0 Å². The Morgan fingerprint density at radius 1 is 0.562 bits per heavy atom. The first-order chi connectivity index (χ1) is 23.6. The highest BCUT2D eigenvalue weighted by Crippen LogP contribution is 2.18. The van der Waals surface area contributed by atoms with Crippen molar-refractivity contribution in [3.8, 4) is 0 Å². The molecule has 0 bridgehead atoms. The Kier molecular flexibility index (Phi) is 44.7. The number of carbonyl (C=O) groups excluding carboxylic acids is 1. The Balaban J connectivity index is 0. The summed E-state index contributed by atoms with van der Waals surface area (Å²) in [6, 6.07) is 0. The summed E-state index contributed by atoms with van der Waals surface area (Å²) in [5.74, 6) is 0.0295. The summed E-state index contributed by atoms with van der Waals surface area (Å²) < 4.78 is 11.7. The molecule has 2 N–H and O–H groups in total. The number of hydrogen-bond acceptors (Lipinski definition) is 6. The highest BCUT2D eigenvalue weighted by molar-refractivity contribution is 5.69. The molecule has 0 aliphatic rings. The topological polar surface area (TPSA) is 96.3 Å². The quantitative estimate of drug-likeness (QED) is 0.0379. The molecule has 0 aliphatic heterocycles. The largest absolute Gasteiger partial charge is 0.483 e. The van der Waals surface area contributed by atoms with E-state index in [2.05, 4.69) is 25.7 Å². The van der Waals surface area contributed by atoms with Gasteiger partial charge in [-0.3, -0.25) is 9.59 Å². The normalized spacial score (nSPS) is 11.2. The molecule has 0 amide bonds. The van der Waals surface area contributed by atoms with Crippen LogP contribution in [0.5, 0.6) is 0 Å². The van der Waals surface area contributed by atoms with Gasteiger partial charge in [0.15, 0.2) is 0 Å². The van der Waals surface area contributed by atoms with Crippen LogP contribution in [-0.2, 0) is 19.1 Å². The van der Waals surface area contributed by atoms with E-state index in [0.29, 0.717) is 6.42 Å². The molecule has 0 saturated heterocycles. The van der Waals surface area contributed by atoms with Crippen LogP contribution in [0.25, 0.3) is 0 Å². The van der Waals surface area contributed by atoms with Crippen molar-refractivity contribution in [1.82, 2.24) is 4.90 Å². The maximum atomic E-state index is 12.7. The smallest absolute Gasteiger partial charge is 0.306 e. The number of esters is 1. The van der Waals surface area contributed by atoms with Gasteiger partial charge in [0.05, 0.1) is 6.61 Å². The van der Waals surface area contributed by atoms with Crippen LogP contribution in [0.3, 0.4) is 0 Å². The van der Waals surface area contributed by atoms with Gasteiger partial charge in [-0.15, -0.1) is 0 Å². The standard InChI is InChI=1S/C40H81NO4.CH2O2/c1-4-7-10-12-17-23-30-39(31-24-18-13-11-8-5-2)45-40(43)32-25-19-16-21-27-34-41(35-36-42)33-26-20-14-15-22-29-38-44-37-28-9-6-3;2-1-3/h39,42H,4-38H2,1-3H3;1H,(H,2,3). The van der Waals surface area contributed by atoms with E-state index >= 15 is 0 Å². The molecule has 0 saturated carbocycles. The molecule has 0 spiro atoms. The van der Waals surface area contributed by atoms with E-state index < -0.39 is 0 Å². The molecule has 0 atom stereocenters. The van der Waals surface area contributed by atoms with Crippen molar-refractivity contribution in [3.05, 3.63) is 0 Å². The van der Waals surface area contributed by atoms with E-state index in [1.165, 1.54) is 154 Å². The van der Waals surface area contributed by atoms with Gasteiger partial charge >= 0.3 is 5.97 Å². The Labute approximate surface area is 298 Å². The minimum atomic E-state index is -0.250. The average Bonchev–Trinajstić information content (AvgIpc) is 3.08. The molecule has 0 heterocycles. The van der Waals surface area contributed by atoms with E-state index in [1.807, 2.05) is 0 Å². The van der Waals surface area contributed by atoms with Crippen LogP contribution in [0.1, 0.15) is 207 Å². The van der Waals surface area contributed by atoms with Crippen LogP contribution in [0.4, 0.5) is 0 Å². The van der Waals surface area contributed by atoms with Gasteiger partial charge in [-0.1, -0.05) is 143 Å². The Bertz CT molecular complexity index is 604. The van der Waals surface area contributed by atoms with Gasteiger partial charge in [-0.2, -0.15) is 0 Å². The summed E-state index contributed by atoms with van der Waals surface area (Å²) in [6.07, 6.45) is 35.3. The van der Waals surface area contributed by atoms with Gasteiger partial charge in [0.1, 0.15) is 6.10 Å². The van der Waals surface area contributed by atoms with Crippen LogP contribution >= 0.6 is 0 Å². The van der Waals surface area contributed by atoms with Crippen molar-refractivity contribution < 1.29 is 29.3 Å². The molecular formula is C41H83NO6. The first-order valence-corrected chi connectivity index (χ1v) is 20.8. The van der Waals surface area contributed by atoms with Crippen LogP contribution in [0.15, 0.2) is 0 Å². The van der Waals surface area contributed by atoms with Crippen molar-refractivity contribution in [2.24, 2.45) is 0 Å². The summed E-state index contributed by atoms with van der Waals surface area (Å²) in [5, 5.41) is 16.4. The summed E-state index contributed by atoms with van der Waals surface area (Å²) in [6.45, 7) is 11.6. The highest BCUT2D eigenvalue weighted by atomic mass is 16.5. The summed E-state index contributed by atoms with van der Waals surface area (Å²) in [4.78, 5) is 23.5. The lowest BCUT2D eigenvalue weighted by Gasteiger charge is -2.21. The fourth-order valence-electron chi connectivity index (χ4n) is 6.23. The van der Waals surface area contributed by atoms with E-state index in [4.69, 9.17) is 19.4 Å². The third-order valence-corrected chi connectivity index (χ3v) is 9.23. The zero-order valence-corrected chi connectivity index (χ0v) is 32.4. The first kappa shape index (κ1) is 48.9. The second kappa shape index (κ2) is 43.8. The Morgan fingerprint density at radius 3 is 1.42 bits per heavy atom. The zero-order valence-electron chi connectivity index (χ0n) is 32.4. The third kappa shape index (κ3) is 41.0. The number of rotatable bonds is 38. The molecule has 0 aromatic heterocycles. The van der Waals surface area contributed by atoms with E-state index in [-0.39, 0.29) is 25.2 Å². The lowest BCUT2D eigenvalue weighted by atomic mass is 10.0. The maximum Gasteiger partial charge on any atom is 0.306 e. The Hall–Kier alpha value is -1.18. The molecule has 0 aliphatic carbocycles. The highest BCUT2D eigenvalue weighted by Gasteiger charge is 2.14. The molecular weight excluding hydrogens is 602 g/mol. The Morgan fingerprint density at radius 2 is 0.938 bits per heavy atom. The molecule has 288 valence electrons. The molecule has 0 radical (unpaired) electrons. The number of unbranched alkanes of at least 4 members (excludes halogenated alkanes) is 21. The summed E-state index contributed by atoms with van der Waals surface area (Å²) in [5.41, 5.74) is 0. The van der Waals surface area contributed by atoms with Crippen LogP contribution in [0, 0.1) is 0 Å². The molecule has 0 aromatic carbocycles.